The number of primary sulfonamides is 1. The Morgan fingerprint density at radius 1 is 0.917 bits per heavy atom. The van der Waals surface area contributed by atoms with Gasteiger partial charge in [-0.1, -0.05) is 24.3 Å². The highest BCUT2D eigenvalue weighted by molar-refractivity contribution is 7.89. The van der Waals surface area contributed by atoms with Gasteiger partial charge in [0, 0.05) is 11.1 Å². The first-order valence-corrected chi connectivity index (χ1v) is 8.42. The summed E-state index contributed by atoms with van der Waals surface area (Å²) in [6.45, 7) is 0. The van der Waals surface area contributed by atoms with E-state index in [1.165, 1.54) is 24.3 Å². The summed E-state index contributed by atoms with van der Waals surface area (Å²) in [5.74, 6) is -0.325. The van der Waals surface area contributed by atoms with E-state index in [1.54, 1.807) is 30.3 Å². The Balaban J connectivity index is 2.10. The van der Waals surface area contributed by atoms with Crippen LogP contribution in [0.2, 0.25) is 0 Å². The normalized spacial score (nSPS) is 11.4. The lowest BCUT2D eigenvalue weighted by Gasteiger charge is -2.09. The van der Waals surface area contributed by atoms with Gasteiger partial charge in [-0.25, -0.2) is 17.9 Å². The van der Waals surface area contributed by atoms with Crippen LogP contribution in [0.3, 0.4) is 0 Å². The van der Waals surface area contributed by atoms with Gasteiger partial charge in [-0.3, -0.25) is 0 Å². The van der Waals surface area contributed by atoms with Crippen molar-refractivity contribution in [2.75, 3.05) is 5.73 Å². The van der Waals surface area contributed by atoms with Crippen LogP contribution < -0.4 is 10.9 Å². The van der Waals surface area contributed by atoms with E-state index in [1.807, 2.05) is 0 Å². The zero-order valence-electron chi connectivity index (χ0n) is 12.3. The van der Waals surface area contributed by atoms with Gasteiger partial charge in [-0.05, 0) is 35.9 Å². The fourth-order valence-electron chi connectivity index (χ4n) is 2.33. The van der Waals surface area contributed by atoms with Crippen molar-refractivity contribution in [2.24, 2.45) is 5.14 Å². The quantitative estimate of drug-likeness (QED) is 0.756. The molecule has 0 aliphatic rings. The number of hydrogen-bond acceptors (Lipinski definition) is 5. The van der Waals surface area contributed by atoms with Crippen LogP contribution in [0.25, 0.3) is 22.4 Å². The Kier molecular flexibility index (Phi) is 4.00. The number of nitrogen functional groups attached to an aromatic ring is 1. The lowest BCUT2D eigenvalue weighted by Crippen LogP contribution is -2.13. The highest BCUT2D eigenvalue weighted by atomic mass is 32.2. The van der Waals surface area contributed by atoms with Gasteiger partial charge in [-0.15, -0.1) is 10.2 Å². The zero-order chi connectivity index (χ0) is 17.3. The molecule has 0 saturated heterocycles. The topological polar surface area (TPSA) is 112 Å². The number of hydrogen-bond donors (Lipinski definition) is 2. The third-order valence-corrected chi connectivity index (χ3v) is 4.40. The molecule has 0 aliphatic carbocycles. The smallest absolute Gasteiger partial charge is 0.238 e. The van der Waals surface area contributed by atoms with E-state index in [-0.39, 0.29) is 16.3 Å². The third kappa shape index (κ3) is 3.10. The minimum Gasteiger partial charge on any atom is -0.382 e. The summed E-state index contributed by atoms with van der Waals surface area (Å²) in [5.41, 5.74) is 6.75. The van der Waals surface area contributed by atoms with Gasteiger partial charge in [0.25, 0.3) is 0 Å². The molecule has 4 N–H and O–H groups in total. The van der Waals surface area contributed by atoms with Gasteiger partial charge in [-0.2, -0.15) is 0 Å². The summed E-state index contributed by atoms with van der Waals surface area (Å²) >= 11 is 0. The Labute approximate surface area is 138 Å². The monoisotopic (exact) mass is 344 g/mol. The van der Waals surface area contributed by atoms with E-state index >= 15 is 0 Å². The molecule has 0 saturated carbocycles. The second kappa shape index (κ2) is 5.99. The van der Waals surface area contributed by atoms with Gasteiger partial charge in [0.15, 0.2) is 0 Å². The number of sulfonamides is 1. The van der Waals surface area contributed by atoms with Crippen LogP contribution >= 0.6 is 0 Å². The van der Waals surface area contributed by atoms with Crippen LogP contribution in [0.1, 0.15) is 0 Å². The molecule has 0 radical (unpaired) electrons. The molecule has 24 heavy (non-hydrogen) atoms. The summed E-state index contributed by atoms with van der Waals surface area (Å²) in [6.07, 6.45) is 0. The first-order chi connectivity index (χ1) is 11.4. The van der Waals surface area contributed by atoms with E-state index < -0.39 is 15.8 Å². The van der Waals surface area contributed by atoms with Crippen LogP contribution in [0, 0.1) is 5.82 Å². The molecule has 3 rings (SSSR count). The molecule has 122 valence electrons. The number of nitrogens with two attached hydrogens (primary N) is 2. The maximum Gasteiger partial charge on any atom is 0.238 e. The molecule has 2 aromatic carbocycles. The van der Waals surface area contributed by atoms with Crippen LogP contribution in [0.15, 0.2) is 59.5 Å². The summed E-state index contributed by atoms with van der Waals surface area (Å²) in [6, 6.07) is 13.6. The van der Waals surface area contributed by atoms with Crippen molar-refractivity contribution >= 4 is 15.8 Å². The van der Waals surface area contributed by atoms with Crippen molar-refractivity contribution < 1.29 is 12.8 Å². The zero-order valence-corrected chi connectivity index (χ0v) is 13.2. The van der Waals surface area contributed by atoms with Crippen molar-refractivity contribution in [3.8, 4) is 22.4 Å². The Bertz CT molecular complexity index is 1000. The summed E-state index contributed by atoms with van der Waals surface area (Å²) < 4.78 is 37.8. The maximum absolute atomic E-state index is 14.5. The van der Waals surface area contributed by atoms with Gasteiger partial charge in [0.1, 0.15) is 11.6 Å². The maximum atomic E-state index is 14.5. The predicted octanol–water partition coefficient (Wildman–Crippen LogP) is 2.18. The number of benzene rings is 2. The van der Waals surface area contributed by atoms with Crippen molar-refractivity contribution in [2.45, 2.75) is 4.90 Å². The summed E-state index contributed by atoms with van der Waals surface area (Å²) in [7, 11) is -3.92. The molecule has 0 amide bonds. The first kappa shape index (κ1) is 16.0. The fourth-order valence-corrected chi connectivity index (χ4v) is 3.09. The molecule has 0 atom stereocenters. The summed E-state index contributed by atoms with van der Waals surface area (Å²) in [4.78, 5) is -0.0653. The molecule has 0 aliphatic heterocycles. The minimum absolute atomic E-state index is 0.0653. The van der Waals surface area contributed by atoms with Crippen molar-refractivity contribution in [1.29, 1.82) is 0 Å². The van der Waals surface area contributed by atoms with Crippen molar-refractivity contribution in [3.63, 3.8) is 0 Å². The molecule has 0 fully saturated rings. The average Bonchev–Trinajstić information content (AvgIpc) is 2.55. The van der Waals surface area contributed by atoms with E-state index in [0.29, 0.717) is 16.8 Å². The number of aromatic nitrogens is 2. The minimum atomic E-state index is -3.92. The molecule has 0 unspecified atom stereocenters. The molecule has 8 heteroatoms. The number of anilines is 1. The largest absolute Gasteiger partial charge is 0.382 e. The average molecular weight is 344 g/mol. The third-order valence-electron chi connectivity index (χ3n) is 3.43. The van der Waals surface area contributed by atoms with E-state index in [9.17, 15) is 12.8 Å². The highest BCUT2D eigenvalue weighted by Crippen LogP contribution is 2.30. The van der Waals surface area contributed by atoms with Gasteiger partial charge < -0.3 is 5.73 Å². The molecule has 0 spiro atoms. The lowest BCUT2D eigenvalue weighted by molar-refractivity contribution is 0.598. The molecule has 6 nitrogen and oxygen atoms in total. The lowest BCUT2D eigenvalue weighted by atomic mass is 10.0. The van der Waals surface area contributed by atoms with Gasteiger partial charge in [0.2, 0.25) is 10.0 Å². The van der Waals surface area contributed by atoms with E-state index in [0.717, 1.165) is 0 Å². The predicted molar refractivity (Wildman–Crippen MR) is 88.6 cm³/mol. The number of nitrogens with zero attached hydrogens (tertiary/aromatic N) is 2. The van der Waals surface area contributed by atoms with Gasteiger partial charge >= 0.3 is 0 Å². The second-order valence-corrected chi connectivity index (χ2v) is 6.61. The van der Waals surface area contributed by atoms with Crippen molar-refractivity contribution in [1.82, 2.24) is 10.2 Å². The van der Waals surface area contributed by atoms with E-state index in [2.05, 4.69) is 10.2 Å². The van der Waals surface area contributed by atoms with Crippen molar-refractivity contribution in [3.05, 3.63) is 60.4 Å². The number of halogens is 1. The molecule has 1 aromatic heterocycles. The fraction of sp³-hybridized carbons (Fsp3) is 0. The molecule has 1 heterocycles. The summed E-state index contributed by atoms with van der Waals surface area (Å²) in [5, 5.41) is 12.7. The Hall–Kier alpha value is -2.84. The van der Waals surface area contributed by atoms with Crippen LogP contribution in [0.5, 0.6) is 0 Å². The van der Waals surface area contributed by atoms with E-state index in [4.69, 9.17) is 10.9 Å². The molecular weight excluding hydrogens is 331 g/mol. The second-order valence-electron chi connectivity index (χ2n) is 5.08. The highest BCUT2D eigenvalue weighted by Gasteiger charge is 2.16. The molecule has 3 aromatic rings. The SMILES string of the molecule is Nc1ccc(-c2ccc(-c3ccccc3S(N)(=O)=O)cc2F)nn1. The Morgan fingerprint density at radius 3 is 2.29 bits per heavy atom. The molecule has 0 bridgehead atoms. The van der Waals surface area contributed by atoms with Crippen LogP contribution in [-0.2, 0) is 10.0 Å². The molecular formula is C16H13FN4O2S. The van der Waals surface area contributed by atoms with Gasteiger partial charge in [0.05, 0.1) is 10.6 Å². The van der Waals surface area contributed by atoms with Crippen LogP contribution in [0.4, 0.5) is 10.2 Å². The Morgan fingerprint density at radius 2 is 1.67 bits per heavy atom. The standard InChI is InChI=1S/C16H13FN4O2S/c17-13-9-10(11-3-1-2-4-15(11)24(19,22)23)5-6-12(13)14-7-8-16(18)21-20-14/h1-9H,(H2,18,21)(H2,19,22,23). The number of rotatable bonds is 3. The first-order valence-electron chi connectivity index (χ1n) is 6.87. The van der Waals surface area contributed by atoms with Crippen LogP contribution in [-0.4, -0.2) is 18.6 Å².